The Morgan fingerprint density at radius 3 is 2.29 bits per heavy atom. The van der Waals surface area contributed by atoms with Crippen LogP contribution in [0.4, 0.5) is 5.69 Å². The van der Waals surface area contributed by atoms with Gasteiger partial charge in [0.2, 0.25) is 0 Å². The van der Waals surface area contributed by atoms with E-state index in [2.05, 4.69) is 0 Å². The maximum Gasteiger partial charge on any atom is 0.256 e. The maximum absolute atomic E-state index is 12.3. The average molecular weight is 282 g/mol. The van der Waals surface area contributed by atoms with Crippen molar-refractivity contribution in [3.05, 3.63) is 65.2 Å². The molecule has 4 nitrogen and oxygen atoms in total. The van der Waals surface area contributed by atoms with Gasteiger partial charge in [0.15, 0.2) is 5.72 Å². The number of aliphatic hydroxyl groups is 1. The van der Waals surface area contributed by atoms with Crippen molar-refractivity contribution in [2.45, 2.75) is 5.72 Å². The van der Waals surface area contributed by atoms with Crippen LogP contribution in [-0.2, 0) is 5.72 Å². The fraction of sp³-hybridized carbons (Fsp3) is 0.235. The van der Waals surface area contributed by atoms with Gasteiger partial charge in [-0.15, -0.1) is 0 Å². The van der Waals surface area contributed by atoms with E-state index in [4.69, 9.17) is 0 Å². The second-order valence-corrected chi connectivity index (χ2v) is 5.52. The molecule has 4 heteroatoms. The molecule has 2 aromatic carbocycles. The number of anilines is 1. The van der Waals surface area contributed by atoms with E-state index in [1.54, 1.807) is 19.2 Å². The number of fused-ring (bicyclic) bond motifs is 1. The average Bonchev–Trinajstić information content (AvgIpc) is 2.71. The molecule has 0 aliphatic carbocycles. The van der Waals surface area contributed by atoms with Crippen molar-refractivity contribution in [2.75, 3.05) is 26.0 Å². The second kappa shape index (κ2) is 4.60. The summed E-state index contributed by atoms with van der Waals surface area (Å²) >= 11 is 0. The third-order valence-corrected chi connectivity index (χ3v) is 4.11. The summed E-state index contributed by atoms with van der Waals surface area (Å²) < 4.78 is 0. The van der Waals surface area contributed by atoms with Crippen LogP contribution >= 0.6 is 0 Å². The Labute approximate surface area is 124 Å². The molecule has 108 valence electrons. The summed E-state index contributed by atoms with van der Waals surface area (Å²) in [5.74, 6) is -0.162. The van der Waals surface area contributed by atoms with E-state index in [0.29, 0.717) is 16.7 Å². The Hall–Kier alpha value is -2.33. The molecule has 2 aromatic rings. The van der Waals surface area contributed by atoms with E-state index in [1.165, 1.54) is 4.90 Å². The number of benzene rings is 2. The van der Waals surface area contributed by atoms with Crippen molar-refractivity contribution >= 4 is 11.6 Å². The van der Waals surface area contributed by atoms with Gasteiger partial charge in [-0.1, -0.05) is 30.3 Å². The Balaban J connectivity index is 2.14. The number of hydrogen-bond donors (Lipinski definition) is 1. The SMILES string of the molecule is CN(C)c1ccc(C2(O)c3ccccc3C(=O)N2C)cc1. The van der Waals surface area contributed by atoms with Crippen LogP contribution in [0, 0.1) is 0 Å². The van der Waals surface area contributed by atoms with Crippen LogP contribution in [-0.4, -0.2) is 37.1 Å². The molecule has 1 heterocycles. The van der Waals surface area contributed by atoms with E-state index in [-0.39, 0.29) is 5.91 Å². The van der Waals surface area contributed by atoms with Gasteiger partial charge in [0.05, 0.1) is 0 Å². The van der Waals surface area contributed by atoms with Crippen LogP contribution in [0.5, 0.6) is 0 Å². The van der Waals surface area contributed by atoms with Gasteiger partial charge in [0.25, 0.3) is 5.91 Å². The van der Waals surface area contributed by atoms with Crippen molar-refractivity contribution in [3.63, 3.8) is 0 Å². The number of rotatable bonds is 2. The third-order valence-electron chi connectivity index (χ3n) is 4.11. The van der Waals surface area contributed by atoms with E-state index in [0.717, 1.165) is 5.69 Å². The summed E-state index contributed by atoms with van der Waals surface area (Å²) in [6, 6.07) is 14.8. The van der Waals surface area contributed by atoms with Crippen molar-refractivity contribution in [2.24, 2.45) is 0 Å². The van der Waals surface area contributed by atoms with Crippen LogP contribution in [0.3, 0.4) is 0 Å². The van der Waals surface area contributed by atoms with Crippen molar-refractivity contribution in [1.29, 1.82) is 0 Å². The lowest BCUT2D eigenvalue weighted by atomic mass is 9.94. The molecule has 3 rings (SSSR count). The minimum Gasteiger partial charge on any atom is -0.378 e. The zero-order chi connectivity index (χ0) is 15.2. The molecule has 1 unspecified atom stereocenters. The van der Waals surface area contributed by atoms with Gasteiger partial charge in [-0.25, -0.2) is 0 Å². The molecule has 1 atom stereocenters. The lowest BCUT2D eigenvalue weighted by molar-refractivity contribution is -0.0369. The van der Waals surface area contributed by atoms with Crippen LogP contribution in [0.25, 0.3) is 0 Å². The Morgan fingerprint density at radius 2 is 1.67 bits per heavy atom. The first-order valence-corrected chi connectivity index (χ1v) is 6.84. The van der Waals surface area contributed by atoms with Gasteiger partial charge < -0.3 is 14.9 Å². The molecule has 0 saturated carbocycles. The first-order chi connectivity index (χ1) is 9.96. The Morgan fingerprint density at radius 1 is 1.05 bits per heavy atom. The second-order valence-electron chi connectivity index (χ2n) is 5.52. The largest absolute Gasteiger partial charge is 0.378 e. The van der Waals surface area contributed by atoms with Crippen LogP contribution in [0.2, 0.25) is 0 Å². The van der Waals surface area contributed by atoms with E-state index >= 15 is 0 Å². The first kappa shape index (κ1) is 13.6. The first-order valence-electron chi connectivity index (χ1n) is 6.84. The van der Waals surface area contributed by atoms with Crippen LogP contribution in [0.1, 0.15) is 21.5 Å². The van der Waals surface area contributed by atoms with Crippen LogP contribution < -0.4 is 4.90 Å². The highest BCUT2D eigenvalue weighted by atomic mass is 16.3. The molecule has 1 amide bonds. The van der Waals surface area contributed by atoms with Gasteiger partial charge in [-0.3, -0.25) is 4.79 Å². The molecule has 1 aliphatic rings. The number of carbonyl (C=O) groups excluding carboxylic acids is 1. The molecular formula is C17H18N2O2. The molecule has 0 saturated heterocycles. The number of carbonyl (C=O) groups is 1. The highest BCUT2D eigenvalue weighted by molar-refractivity contribution is 6.00. The molecule has 0 fully saturated rings. The lowest BCUT2D eigenvalue weighted by Crippen LogP contribution is -2.41. The monoisotopic (exact) mass is 282 g/mol. The molecule has 1 N–H and O–H groups in total. The standard InChI is InChI=1S/C17H18N2O2/c1-18(2)13-10-8-12(9-11-13)17(21)15-7-5-4-6-14(15)16(20)19(17)3/h4-11,21H,1-3H3. The highest BCUT2D eigenvalue weighted by Gasteiger charge is 2.47. The number of amides is 1. The molecule has 21 heavy (non-hydrogen) atoms. The zero-order valence-corrected chi connectivity index (χ0v) is 12.4. The quantitative estimate of drug-likeness (QED) is 0.916. The van der Waals surface area contributed by atoms with E-state index < -0.39 is 5.72 Å². The summed E-state index contributed by atoms with van der Waals surface area (Å²) in [5.41, 5.74) is 1.52. The summed E-state index contributed by atoms with van der Waals surface area (Å²) in [6.45, 7) is 0. The summed E-state index contributed by atoms with van der Waals surface area (Å²) in [4.78, 5) is 15.7. The topological polar surface area (TPSA) is 43.8 Å². The van der Waals surface area contributed by atoms with Gasteiger partial charge >= 0.3 is 0 Å². The van der Waals surface area contributed by atoms with Gasteiger partial charge in [0, 0.05) is 43.5 Å². The summed E-state index contributed by atoms with van der Waals surface area (Å²) in [6.07, 6.45) is 0. The zero-order valence-electron chi connectivity index (χ0n) is 12.4. The Kier molecular flexibility index (Phi) is 2.99. The van der Waals surface area contributed by atoms with Gasteiger partial charge in [0.1, 0.15) is 0 Å². The fourth-order valence-electron chi connectivity index (χ4n) is 2.82. The normalized spacial score (nSPS) is 20.6. The molecule has 0 spiro atoms. The summed E-state index contributed by atoms with van der Waals surface area (Å²) in [5, 5.41) is 11.2. The van der Waals surface area contributed by atoms with Gasteiger partial charge in [-0.05, 0) is 18.2 Å². The summed E-state index contributed by atoms with van der Waals surface area (Å²) in [7, 11) is 5.55. The van der Waals surface area contributed by atoms with Crippen molar-refractivity contribution in [1.82, 2.24) is 4.90 Å². The minimum absolute atomic E-state index is 0.162. The molecule has 0 bridgehead atoms. The highest BCUT2D eigenvalue weighted by Crippen LogP contribution is 2.41. The minimum atomic E-state index is -1.40. The van der Waals surface area contributed by atoms with Crippen LogP contribution in [0.15, 0.2) is 48.5 Å². The molecule has 1 aliphatic heterocycles. The number of hydrogen-bond acceptors (Lipinski definition) is 3. The van der Waals surface area contributed by atoms with Crippen molar-refractivity contribution < 1.29 is 9.90 Å². The van der Waals surface area contributed by atoms with E-state index in [1.807, 2.05) is 55.4 Å². The van der Waals surface area contributed by atoms with Crippen molar-refractivity contribution in [3.8, 4) is 0 Å². The molecule has 0 radical (unpaired) electrons. The third kappa shape index (κ3) is 1.83. The maximum atomic E-state index is 12.3. The van der Waals surface area contributed by atoms with E-state index in [9.17, 15) is 9.90 Å². The fourth-order valence-corrected chi connectivity index (χ4v) is 2.82. The Bertz CT molecular complexity index is 694. The number of nitrogens with zero attached hydrogens (tertiary/aromatic N) is 2. The predicted octanol–water partition coefficient (Wildman–Crippen LogP) is 2.03. The predicted molar refractivity (Wildman–Crippen MR) is 82.3 cm³/mol. The lowest BCUT2D eigenvalue weighted by Gasteiger charge is -2.32. The molecule has 0 aromatic heterocycles. The van der Waals surface area contributed by atoms with Gasteiger partial charge in [-0.2, -0.15) is 0 Å². The molecular weight excluding hydrogens is 264 g/mol. The smallest absolute Gasteiger partial charge is 0.256 e.